The van der Waals surface area contributed by atoms with Crippen LogP contribution in [0.4, 0.5) is 4.79 Å². The number of hydrogen-bond donors (Lipinski definition) is 1. The van der Waals surface area contributed by atoms with Crippen LogP contribution in [0.5, 0.6) is 0 Å². The number of hydrogen-bond acceptors (Lipinski definition) is 12. The van der Waals surface area contributed by atoms with Crippen molar-refractivity contribution in [3.05, 3.63) is 4.91 Å². The van der Waals surface area contributed by atoms with E-state index in [1.807, 2.05) is 0 Å². The highest BCUT2D eigenvalue weighted by atomic mass is 35.5. The van der Waals surface area contributed by atoms with Gasteiger partial charge in [-0.15, -0.1) is 16.5 Å². The monoisotopic (exact) mass is 481 g/mol. The van der Waals surface area contributed by atoms with Crippen molar-refractivity contribution < 1.29 is 47.7 Å². The largest absolute Gasteiger partial charge is 0.463 e. The van der Waals surface area contributed by atoms with E-state index in [1.54, 1.807) is 0 Å². The second-order valence-electron chi connectivity index (χ2n) is 6.47. The Morgan fingerprint density at radius 1 is 0.938 bits per heavy atom. The van der Waals surface area contributed by atoms with Crippen LogP contribution in [-0.4, -0.2) is 84.6 Å². The molecule has 15 heteroatoms. The van der Waals surface area contributed by atoms with Gasteiger partial charge in [-0.2, -0.15) is 5.01 Å². The summed E-state index contributed by atoms with van der Waals surface area (Å²) in [7, 11) is 0. The Morgan fingerprint density at radius 3 is 1.97 bits per heavy atom. The Kier molecular flexibility index (Phi) is 10.8. The number of esters is 4. The number of nitrogens with one attached hydrogen (secondary N) is 1. The number of carbonyl (C=O) groups excluding carboxylic acids is 5. The normalized spacial score (nSPS) is 24.5. The Hall–Kier alpha value is -3.00. The van der Waals surface area contributed by atoms with Gasteiger partial charge in [0.2, 0.25) is 6.29 Å². The fraction of sp³-hybridized carbons (Fsp3) is 0.706. The average molecular weight is 482 g/mol. The summed E-state index contributed by atoms with van der Waals surface area (Å²) in [6, 6.07) is -2.53. The van der Waals surface area contributed by atoms with Gasteiger partial charge < -0.3 is 29.0 Å². The molecule has 1 aliphatic rings. The van der Waals surface area contributed by atoms with Crippen LogP contribution in [0.2, 0.25) is 0 Å². The SMILES string of the molecule is CC(=O)OCC1OC(OC(C)=O)C(NC(=O)N(CCCl)N=O)C(OC(C)=O)C1OC(C)=O. The van der Waals surface area contributed by atoms with E-state index in [0.717, 1.165) is 27.7 Å². The molecule has 0 saturated carbocycles. The molecule has 1 heterocycles. The number of amides is 2. The topological polar surface area (TPSA) is 176 Å². The van der Waals surface area contributed by atoms with Crippen molar-refractivity contribution in [3.8, 4) is 0 Å². The third-order valence-corrected chi connectivity index (χ3v) is 4.07. The summed E-state index contributed by atoms with van der Waals surface area (Å²) in [6.45, 7) is 3.57. The molecule has 0 aromatic rings. The van der Waals surface area contributed by atoms with Crippen molar-refractivity contribution in [1.82, 2.24) is 10.3 Å². The molecule has 32 heavy (non-hydrogen) atoms. The van der Waals surface area contributed by atoms with E-state index in [1.165, 1.54) is 0 Å². The predicted octanol–water partition coefficient (Wildman–Crippen LogP) is 0.00130. The number of carbonyl (C=O) groups is 5. The number of halogens is 1. The van der Waals surface area contributed by atoms with Crippen LogP contribution in [0.25, 0.3) is 0 Å². The van der Waals surface area contributed by atoms with Crippen LogP contribution in [-0.2, 0) is 42.9 Å². The lowest BCUT2D eigenvalue weighted by Gasteiger charge is -2.44. The zero-order valence-electron chi connectivity index (χ0n) is 17.8. The highest BCUT2D eigenvalue weighted by Gasteiger charge is 2.52. The van der Waals surface area contributed by atoms with Crippen molar-refractivity contribution >= 4 is 41.5 Å². The molecule has 0 aromatic carbocycles. The molecule has 14 nitrogen and oxygen atoms in total. The van der Waals surface area contributed by atoms with Crippen LogP contribution in [0.3, 0.4) is 0 Å². The molecule has 0 aliphatic carbocycles. The summed E-state index contributed by atoms with van der Waals surface area (Å²) in [6.07, 6.45) is -5.69. The van der Waals surface area contributed by atoms with Crippen molar-refractivity contribution in [1.29, 1.82) is 0 Å². The number of nitroso groups, excluding NO2 is 1. The van der Waals surface area contributed by atoms with Crippen molar-refractivity contribution in [2.75, 3.05) is 19.0 Å². The summed E-state index contributed by atoms with van der Waals surface area (Å²) in [5, 5.41) is 5.28. The first-order chi connectivity index (χ1) is 15.0. The Balaban J connectivity index is 3.38. The minimum Gasteiger partial charge on any atom is -0.463 e. The van der Waals surface area contributed by atoms with Gasteiger partial charge >= 0.3 is 29.9 Å². The Morgan fingerprint density at radius 2 is 1.50 bits per heavy atom. The van der Waals surface area contributed by atoms with Crippen molar-refractivity contribution in [2.45, 2.75) is 58.3 Å². The first kappa shape index (κ1) is 27.0. The Bertz CT molecular complexity index is 735. The van der Waals surface area contributed by atoms with Gasteiger partial charge in [-0.05, 0) is 0 Å². The maximum absolute atomic E-state index is 12.5. The maximum atomic E-state index is 12.5. The molecule has 1 rings (SSSR count). The second kappa shape index (κ2) is 12.8. The third kappa shape index (κ3) is 8.26. The van der Waals surface area contributed by atoms with Gasteiger partial charge in [-0.1, -0.05) is 0 Å². The van der Waals surface area contributed by atoms with Gasteiger partial charge in [0.05, 0.1) is 11.8 Å². The maximum Gasteiger partial charge on any atom is 0.341 e. The number of nitrogens with zero attached hydrogens (tertiary/aromatic N) is 2. The van der Waals surface area contributed by atoms with Crippen LogP contribution >= 0.6 is 11.6 Å². The summed E-state index contributed by atoms with van der Waals surface area (Å²) in [4.78, 5) is 69.7. The molecule has 0 bridgehead atoms. The standard InChI is InChI=1S/C17H24ClN3O11/c1-8(22)28-7-12-14(29-9(2)23)15(30-10(3)24)13(16(32-12)31-11(4)25)19-17(26)21(20-27)6-5-18/h12-16H,5-7H2,1-4H3,(H,19,26). The molecular formula is C17H24ClN3O11. The van der Waals surface area contributed by atoms with Gasteiger partial charge in [-0.3, -0.25) is 19.2 Å². The van der Waals surface area contributed by atoms with Gasteiger partial charge in [0, 0.05) is 33.6 Å². The number of ether oxygens (including phenoxy) is 5. The van der Waals surface area contributed by atoms with Crippen LogP contribution in [0.1, 0.15) is 27.7 Å². The zero-order chi connectivity index (χ0) is 24.4. The zero-order valence-corrected chi connectivity index (χ0v) is 18.5. The molecule has 180 valence electrons. The molecular weight excluding hydrogens is 458 g/mol. The third-order valence-electron chi connectivity index (χ3n) is 3.90. The van der Waals surface area contributed by atoms with Crippen molar-refractivity contribution in [2.24, 2.45) is 5.29 Å². The van der Waals surface area contributed by atoms with E-state index in [9.17, 15) is 28.9 Å². The van der Waals surface area contributed by atoms with E-state index in [4.69, 9.17) is 35.3 Å². The van der Waals surface area contributed by atoms with Gasteiger partial charge in [0.15, 0.2) is 12.2 Å². The molecule has 1 fully saturated rings. The summed E-state index contributed by atoms with van der Waals surface area (Å²) >= 11 is 5.53. The molecule has 1 saturated heterocycles. The van der Waals surface area contributed by atoms with Crippen LogP contribution < -0.4 is 5.32 Å². The molecule has 5 unspecified atom stereocenters. The van der Waals surface area contributed by atoms with Gasteiger partial charge in [0.25, 0.3) is 0 Å². The van der Waals surface area contributed by atoms with E-state index in [-0.39, 0.29) is 12.4 Å². The average Bonchev–Trinajstić information content (AvgIpc) is 2.67. The highest BCUT2D eigenvalue weighted by Crippen LogP contribution is 2.28. The molecule has 5 atom stereocenters. The fourth-order valence-electron chi connectivity index (χ4n) is 2.80. The lowest BCUT2D eigenvalue weighted by atomic mass is 9.96. The fourth-order valence-corrected chi connectivity index (χ4v) is 2.96. The molecule has 0 spiro atoms. The van der Waals surface area contributed by atoms with E-state index in [2.05, 4.69) is 10.6 Å². The summed E-state index contributed by atoms with van der Waals surface area (Å²) in [5.74, 6) is -3.29. The smallest absolute Gasteiger partial charge is 0.341 e. The molecule has 1 aliphatic heterocycles. The lowest BCUT2D eigenvalue weighted by Crippen LogP contribution is -2.67. The second-order valence-corrected chi connectivity index (χ2v) is 6.85. The molecule has 1 N–H and O–H groups in total. The molecule has 2 amide bonds. The Labute approximate surface area is 187 Å². The summed E-state index contributed by atoms with van der Waals surface area (Å²) in [5.41, 5.74) is 0. The van der Waals surface area contributed by atoms with Gasteiger partial charge in [0.1, 0.15) is 18.8 Å². The quantitative estimate of drug-likeness (QED) is 0.154. The van der Waals surface area contributed by atoms with E-state index < -0.39 is 67.2 Å². The van der Waals surface area contributed by atoms with Crippen LogP contribution in [0, 0.1) is 4.91 Å². The lowest BCUT2D eigenvalue weighted by molar-refractivity contribution is -0.270. The molecule has 0 radical (unpaired) electrons. The van der Waals surface area contributed by atoms with Crippen LogP contribution in [0.15, 0.2) is 5.29 Å². The first-order valence-corrected chi connectivity index (χ1v) is 9.81. The van der Waals surface area contributed by atoms with Gasteiger partial charge in [-0.25, -0.2) is 4.79 Å². The van der Waals surface area contributed by atoms with Crippen molar-refractivity contribution in [3.63, 3.8) is 0 Å². The summed E-state index contributed by atoms with van der Waals surface area (Å²) < 4.78 is 26.0. The first-order valence-electron chi connectivity index (χ1n) is 9.27. The predicted molar refractivity (Wildman–Crippen MR) is 104 cm³/mol. The minimum atomic E-state index is -1.59. The number of alkyl halides is 1. The number of rotatable bonds is 9. The van der Waals surface area contributed by atoms with E-state index >= 15 is 0 Å². The minimum absolute atomic E-state index is 0.123. The number of urea groups is 1. The highest BCUT2D eigenvalue weighted by molar-refractivity contribution is 6.18. The molecule has 0 aromatic heterocycles. The van der Waals surface area contributed by atoms with E-state index in [0.29, 0.717) is 5.01 Å².